The summed E-state index contributed by atoms with van der Waals surface area (Å²) >= 11 is 0. The average Bonchev–Trinajstić information content (AvgIpc) is 2.92. The molecule has 9 heteroatoms. The molecule has 126 valence electrons. The molecule has 0 aliphatic carbocycles. The van der Waals surface area contributed by atoms with E-state index in [1.54, 1.807) is 12.1 Å². The first-order valence-corrected chi connectivity index (χ1v) is 6.78. The van der Waals surface area contributed by atoms with E-state index in [9.17, 15) is 18.4 Å². The third-order valence-electron chi connectivity index (χ3n) is 2.76. The second-order valence-electron chi connectivity index (χ2n) is 4.60. The zero-order chi connectivity index (χ0) is 17.5. The molecule has 2 rings (SSSR count). The van der Waals surface area contributed by atoms with Gasteiger partial charge in [0.05, 0.1) is 0 Å². The van der Waals surface area contributed by atoms with E-state index in [1.807, 2.05) is 0 Å². The molecule has 7 nitrogen and oxygen atoms in total. The monoisotopic (exact) mass is 336 g/mol. The Morgan fingerprint density at radius 2 is 2.08 bits per heavy atom. The van der Waals surface area contributed by atoms with Gasteiger partial charge >= 0.3 is 6.61 Å². The van der Waals surface area contributed by atoms with Crippen LogP contribution in [0.3, 0.4) is 0 Å². The number of hydrogen-bond acceptors (Lipinski definition) is 4. The summed E-state index contributed by atoms with van der Waals surface area (Å²) < 4.78 is 30.3. The summed E-state index contributed by atoms with van der Waals surface area (Å²) in [4.78, 5) is 22.6. The predicted octanol–water partition coefficient (Wildman–Crippen LogP) is 1.62. The number of nitrogens with zero attached hydrogens (tertiary/aromatic N) is 2. The molecule has 0 atom stereocenters. The first-order valence-electron chi connectivity index (χ1n) is 6.78. The van der Waals surface area contributed by atoms with Gasteiger partial charge in [0.1, 0.15) is 12.3 Å². The van der Waals surface area contributed by atoms with Gasteiger partial charge in [0.25, 0.3) is 0 Å². The van der Waals surface area contributed by atoms with Gasteiger partial charge in [-0.15, -0.1) is 0 Å². The molecule has 1 aromatic heterocycles. The second-order valence-corrected chi connectivity index (χ2v) is 4.60. The fraction of sp³-hybridized carbons (Fsp3) is 0.133. The van der Waals surface area contributed by atoms with Gasteiger partial charge < -0.3 is 15.8 Å². The van der Waals surface area contributed by atoms with Crippen molar-refractivity contribution in [1.29, 1.82) is 0 Å². The van der Waals surface area contributed by atoms with Crippen molar-refractivity contribution in [2.45, 2.75) is 13.2 Å². The second kappa shape index (κ2) is 7.86. The van der Waals surface area contributed by atoms with Gasteiger partial charge in [0.15, 0.2) is 5.82 Å². The lowest BCUT2D eigenvalue weighted by molar-refractivity contribution is -0.118. The van der Waals surface area contributed by atoms with Crippen LogP contribution in [0.2, 0.25) is 0 Å². The number of primary amides is 1. The first kappa shape index (κ1) is 17.1. The van der Waals surface area contributed by atoms with Gasteiger partial charge in [-0.05, 0) is 12.1 Å². The highest BCUT2D eigenvalue weighted by Crippen LogP contribution is 2.21. The Balaban J connectivity index is 2.00. The number of nitrogens with one attached hydrogen (secondary N) is 1. The number of alkyl halides is 2. The lowest BCUT2D eigenvalue weighted by atomic mass is 10.2. The summed E-state index contributed by atoms with van der Waals surface area (Å²) in [7, 11) is 0. The minimum absolute atomic E-state index is 0.0395. The van der Waals surface area contributed by atoms with Gasteiger partial charge in [-0.3, -0.25) is 14.3 Å². The number of rotatable bonds is 7. The van der Waals surface area contributed by atoms with E-state index in [0.717, 1.165) is 6.08 Å². The van der Waals surface area contributed by atoms with Gasteiger partial charge in [0.2, 0.25) is 11.8 Å². The van der Waals surface area contributed by atoms with Gasteiger partial charge in [-0.1, -0.05) is 18.2 Å². The number of carbonyl (C=O) groups excluding carboxylic acids is 2. The molecule has 0 radical (unpaired) electrons. The van der Waals surface area contributed by atoms with E-state index in [1.165, 1.54) is 35.2 Å². The maximum atomic E-state index is 12.3. The zero-order valence-electron chi connectivity index (χ0n) is 12.4. The molecule has 0 aliphatic rings. The number of hydrogen-bond donors (Lipinski definition) is 2. The molecule has 24 heavy (non-hydrogen) atoms. The highest BCUT2D eigenvalue weighted by molar-refractivity contribution is 6.01. The molecule has 0 saturated heterocycles. The van der Waals surface area contributed by atoms with Crippen LogP contribution in [0.1, 0.15) is 5.56 Å². The van der Waals surface area contributed by atoms with Gasteiger partial charge in [-0.2, -0.15) is 13.9 Å². The summed E-state index contributed by atoms with van der Waals surface area (Å²) in [5.41, 5.74) is 5.36. The molecule has 2 amide bonds. The number of nitrogens with two attached hydrogens (primary N) is 1. The maximum Gasteiger partial charge on any atom is 0.387 e. The number of anilines is 1. The van der Waals surface area contributed by atoms with E-state index in [2.05, 4.69) is 15.2 Å². The topological polar surface area (TPSA) is 99.2 Å². The Bertz CT molecular complexity index is 759. The maximum absolute atomic E-state index is 12.3. The summed E-state index contributed by atoms with van der Waals surface area (Å²) in [5.74, 6) is -0.900. The van der Waals surface area contributed by atoms with Crippen LogP contribution in [-0.4, -0.2) is 28.2 Å². The number of carbonyl (C=O) groups is 2. The van der Waals surface area contributed by atoms with Crippen molar-refractivity contribution in [3.63, 3.8) is 0 Å². The fourth-order valence-electron chi connectivity index (χ4n) is 1.83. The normalized spacial score (nSPS) is 11.0. The Hall–Kier alpha value is -3.23. The number of ether oxygens (including phenoxy) is 1. The number of amides is 2. The Morgan fingerprint density at radius 1 is 1.33 bits per heavy atom. The fourth-order valence-corrected chi connectivity index (χ4v) is 1.83. The van der Waals surface area contributed by atoms with Crippen LogP contribution in [0.15, 0.2) is 42.6 Å². The van der Waals surface area contributed by atoms with Crippen LogP contribution in [0.4, 0.5) is 14.6 Å². The Labute approximate surface area is 135 Å². The van der Waals surface area contributed by atoms with E-state index in [-0.39, 0.29) is 18.1 Å². The number of halogens is 2. The number of benzene rings is 1. The lowest BCUT2D eigenvalue weighted by Crippen LogP contribution is -2.19. The average molecular weight is 336 g/mol. The van der Waals surface area contributed by atoms with Crippen molar-refractivity contribution >= 4 is 23.7 Å². The standard InChI is InChI=1S/C15H14F2N4O3/c16-15(17)24-11-4-2-1-3-10(11)5-6-14(23)19-13-7-8-21(20-13)9-12(18)22/h1-8,15H,9H2,(H2,18,22)(H,19,20,23)/b6-5+. The highest BCUT2D eigenvalue weighted by atomic mass is 19.3. The molecule has 0 bridgehead atoms. The molecule has 0 aliphatic heterocycles. The molecule has 2 aromatic rings. The Kier molecular flexibility index (Phi) is 5.61. The molecule has 1 aromatic carbocycles. The third-order valence-corrected chi connectivity index (χ3v) is 2.76. The van der Waals surface area contributed by atoms with Crippen molar-refractivity contribution in [2.24, 2.45) is 5.73 Å². The summed E-state index contributed by atoms with van der Waals surface area (Å²) in [6.07, 6.45) is 3.98. The van der Waals surface area contributed by atoms with E-state index >= 15 is 0 Å². The van der Waals surface area contributed by atoms with Crippen molar-refractivity contribution in [1.82, 2.24) is 9.78 Å². The van der Waals surface area contributed by atoms with Crippen LogP contribution in [0.5, 0.6) is 5.75 Å². The van der Waals surface area contributed by atoms with Crippen LogP contribution < -0.4 is 15.8 Å². The molecule has 0 saturated carbocycles. The summed E-state index contributed by atoms with van der Waals surface area (Å²) in [6, 6.07) is 7.56. The predicted molar refractivity (Wildman–Crippen MR) is 82.2 cm³/mol. The minimum Gasteiger partial charge on any atom is -0.434 e. The van der Waals surface area contributed by atoms with Crippen molar-refractivity contribution in [3.05, 3.63) is 48.2 Å². The lowest BCUT2D eigenvalue weighted by Gasteiger charge is -2.07. The highest BCUT2D eigenvalue weighted by Gasteiger charge is 2.08. The summed E-state index contributed by atoms with van der Waals surface area (Å²) in [6.45, 7) is -3.06. The minimum atomic E-state index is -2.96. The third kappa shape index (κ3) is 5.20. The van der Waals surface area contributed by atoms with Gasteiger partial charge in [0, 0.05) is 23.9 Å². The van der Waals surface area contributed by atoms with Crippen molar-refractivity contribution < 1.29 is 23.1 Å². The molecule has 1 heterocycles. The van der Waals surface area contributed by atoms with Crippen LogP contribution in [0, 0.1) is 0 Å². The molecule has 3 N–H and O–H groups in total. The molecular weight excluding hydrogens is 322 g/mol. The van der Waals surface area contributed by atoms with E-state index in [0.29, 0.717) is 5.56 Å². The van der Waals surface area contributed by atoms with Crippen LogP contribution in [-0.2, 0) is 16.1 Å². The molecule has 0 spiro atoms. The zero-order valence-corrected chi connectivity index (χ0v) is 12.4. The van der Waals surface area contributed by atoms with Crippen molar-refractivity contribution in [2.75, 3.05) is 5.32 Å². The van der Waals surface area contributed by atoms with Gasteiger partial charge in [-0.25, -0.2) is 0 Å². The Morgan fingerprint density at radius 3 is 2.79 bits per heavy atom. The van der Waals surface area contributed by atoms with Crippen molar-refractivity contribution in [3.8, 4) is 5.75 Å². The van der Waals surface area contributed by atoms with Crippen LogP contribution in [0.25, 0.3) is 6.08 Å². The number of aromatic nitrogens is 2. The van der Waals surface area contributed by atoms with E-state index in [4.69, 9.17) is 5.73 Å². The molecule has 0 fully saturated rings. The van der Waals surface area contributed by atoms with E-state index < -0.39 is 18.4 Å². The first-order chi connectivity index (χ1) is 11.4. The SMILES string of the molecule is NC(=O)Cn1ccc(NC(=O)/C=C/c2ccccc2OC(F)F)n1. The summed E-state index contributed by atoms with van der Waals surface area (Å²) in [5, 5.41) is 6.40. The molecular formula is C15H14F2N4O3. The quantitative estimate of drug-likeness (QED) is 0.751. The van der Waals surface area contributed by atoms with Crippen LogP contribution >= 0.6 is 0 Å². The largest absolute Gasteiger partial charge is 0.434 e. The smallest absolute Gasteiger partial charge is 0.387 e. The number of para-hydroxylation sites is 1. The molecule has 0 unspecified atom stereocenters.